The number of hydrogen-bond acceptors (Lipinski definition) is 11. The summed E-state index contributed by atoms with van der Waals surface area (Å²) in [5.41, 5.74) is 0.417. The van der Waals surface area contributed by atoms with Gasteiger partial charge in [0.05, 0.1) is 13.2 Å². The van der Waals surface area contributed by atoms with Gasteiger partial charge >= 0.3 is 5.97 Å². The van der Waals surface area contributed by atoms with Gasteiger partial charge in [0, 0.05) is 6.08 Å². The standard InChI is InChI=1S/C18H24O11/c19-6-10(20)7-28-18-17(26)16(25)15(24)13(29-18)8-27-14(23)4-2-9-1-3-11(21)12(22)5-9/h1-5,10,13,15-22,24-26H,6-8H2. The van der Waals surface area contributed by atoms with E-state index in [1.54, 1.807) is 0 Å². The summed E-state index contributed by atoms with van der Waals surface area (Å²) in [7, 11) is 0. The Bertz CT molecular complexity index is 707. The van der Waals surface area contributed by atoms with E-state index >= 15 is 0 Å². The van der Waals surface area contributed by atoms with E-state index in [1.165, 1.54) is 24.3 Å². The molecule has 7 N–H and O–H groups in total. The van der Waals surface area contributed by atoms with Crippen molar-refractivity contribution in [1.29, 1.82) is 0 Å². The van der Waals surface area contributed by atoms with E-state index in [1.807, 2.05) is 0 Å². The fourth-order valence-corrected chi connectivity index (χ4v) is 2.47. The summed E-state index contributed by atoms with van der Waals surface area (Å²) in [6, 6.07) is 3.92. The summed E-state index contributed by atoms with van der Waals surface area (Å²) in [6.45, 7) is -1.45. The third-order valence-corrected chi connectivity index (χ3v) is 4.13. The Kier molecular flexibility index (Phi) is 8.34. The highest BCUT2D eigenvalue weighted by molar-refractivity contribution is 5.87. The van der Waals surface area contributed by atoms with E-state index in [0.29, 0.717) is 5.56 Å². The van der Waals surface area contributed by atoms with Crippen molar-refractivity contribution in [1.82, 2.24) is 0 Å². The van der Waals surface area contributed by atoms with Crippen molar-refractivity contribution in [2.45, 2.75) is 36.8 Å². The summed E-state index contributed by atoms with van der Waals surface area (Å²) in [5.74, 6) is -1.48. The molecular formula is C18H24O11. The lowest BCUT2D eigenvalue weighted by atomic mass is 9.99. The number of aromatic hydroxyl groups is 2. The molecule has 29 heavy (non-hydrogen) atoms. The highest BCUT2D eigenvalue weighted by atomic mass is 16.7. The minimum absolute atomic E-state index is 0.308. The number of phenols is 2. The monoisotopic (exact) mass is 416 g/mol. The van der Waals surface area contributed by atoms with Crippen molar-refractivity contribution < 1.29 is 54.8 Å². The number of carbonyl (C=O) groups is 1. The van der Waals surface area contributed by atoms with Gasteiger partial charge in [-0.3, -0.25) is 0 Å². The second kappa shape index (κ2) is 10.5. The Morgan fingerprint density at radius 1 is 1.14 bits per heavy atom. The van der Waals surface area contributed by atoms with E-state index in [-0.39, 0.29) is 11.5 Å². The van der Waals surface area contributed by atoms with Crippen LogP contribution in [0.25, 0.3) is 6.08 Å². The number of hydrogen-bond donors (Lipinski definition) is 7. The smallest absolute Gasteiger partial charge is 0.330 e. The average Bonchev–Trinajstić information content (AvgIpc) is 2.71. The van der Waals surface area contributed by atoms with Crippen LogP contribution in [0.5, 0.6) is 11.5 Å². The van der Waals surface area contributed by atoms with Crippen molar-refractivity contribution in [3.63, 3.8) is 0 Å². The van der Waals surface area contributed by atoms with Gasteiger partial charge in [0.25, 0.3) is 0 Å². The van der Waals surface area contributed by atoms with Gasteiger partial charge in [0.2, 0.25) is 0 Å². The number of carbonyl (C=O) groups excluding carboxylic acids is 1. The number of phenolic OH excluding ortho intramolecular Hbond substituents is 2. The number of ether oxygens (including phenoxy) is 3. The molecule has 0 spiro atoms. The number of benzene rings is 1. The lowest BCUT2D eigenvalue weighted by Crippen LogP contribution is -2.59. The topological polar surface area (TPSA) is 186 Å². The highest BCUT2D eigenvalue weighted by Crippen LogP contribution is 2.25. The van der Waals surface area contributed by atoms with Crippen molar-refractivity contribution in [2.24, 2.45) is 0 Å². The molecule has 0 aliphatic carbocycles. The lowest BCUT2D eigenvalue weighted by molar-refractivity contribution is -0.305. The molecule has 0 bridgehead atoms. The quantitative estimate of drug-likeness (QED) is 0.139. The van der Waals surface area contributed by atoms with Crippen molar-refractivity contribution in [2.75, 3.05) is 19.8 Å². The summed E-state index contributed by atoms with van der Waals surface area (Å²) in [4.78, 5) is 11.8. The normalized spacial score (nSPS) is 28.4. The molecule has 1 saturated heterocycles. The molecule has 2 rings (SSSR count). The first-order valence-electron chi connectivity index (χ1n) is 8.70. The van der Waals surface area contributed by atoms with Crippen molar-refractivity contribution >= 4 is 12.0 Å². The Morgan fingerprint density at radius 2 is 1.86 bits per heavy atom. The Hall–Kier alpha value is -2.25. The van der Waals surface area contributed by atoms with Crippen LogP contribution >= 0.6 is 0 Å². The van der Waals surface area contributed by atoms with Gasteiger partial charge in [-0.25, -0.2) is 4.79 Å². The maximum Gasteiger partial charge on any atom is 0.330 e. The summed E-state index contributed by atoms with van der Waals surface area (Å²) in [6.07, 6.45) is -6.36. The molecule has 162 valence electrons. The molecule has 0 radical (unpaired) electrons. The largest absolute Gasteiger partial charge is 0.504 e. The summed E-state index contributed by atoms with van der Waals surface area (Å²) >= 11 is 0. The van der Waals surface area contributed by atoms with E-state index in [9.17, 15) is 35.4 Å². The third kappa shape index (κ3) is 6.37. The van der Waals surface area contributed by atoms with Crippen molar-refractivity contribution in [3.8, 4) is 11.5 Å². The number of aliphatic hydroxyl groups excluding tert-OH is 5. The molecule has 1 aliphatic rings. The van der Waals surface area contributed by atoms with E-state index < -0.39 is 62.6 Å². The van der Waals surface area contributed by atoms with Crippen LogP contribution in [0, 0.1) is 0 Å². The first-order valence-corrected chi connectivity index (χ1v) is 8.70. The summed E-state index contributed by atoms with van der Waals surface area (Å²) in [5, 5.41) is 66.5. The maximum atomic E-state index is 11.8. The molecule has 1 aromatic rings. The molecule has 1 fully saturated rings. The molecule has 6 atom stereocenters. The molecule has 1 heterocycles. The molecule has 6 unspecified atom stereocenters. The first-order chi connectivity index (χ1) is 13.7. The molecule has 0 saturated carbocycles. The molecule has 11 heteroatoms. The molecule has 1 aliphatic heterocycles. The highest BCUT2D eigenvalue weighted by Gasteiger charge is 2.44. The lowest BCUT2D eigenvalue weighted by Gasteiger charge is -2.40. The SMILES string of the molecule is O=C(C=Cc1ccc(O)c(O)c1)OCC1OC(OCC(O)CO)C(O)C(O)C1O. The van der Waals surface area contributed by atoms with E-state index in [2.05, 4.69) is 0 Å². The predicted molar refractivity (Wildman–Crippen MR) is 95.5 cm³/mol. The zero-order chi connectivity index (χ0) is 21.6. The third-order valence-electron chi connectivity index (χ3n) is 4.13. The molecule has 0 amide bonds. The van der Waals surface area contributed by atoms with Crippen molar-refractivity contribution in [3.05, 3.63) is 29.8 Å². The van der Waals surface area contributed by atoms with Gasteiger partial charge in [0.15, 0.2) is 17.8 Å². The van der Waals surface area contributed by atoms with Crippen LogP contribution in [-0.2, 0) is 19.0 Å². The minimum atomic E-state index is -1.65. The van der Waals surface area contributed by atoms with Crippen LogP contribution in [0.4, 0.5) is 0 Å². The molecular weight excluding hydrogens is 392 g/mol. The van der Waals surface area contributed by atoms with E-state index in [4.69, 9.17) is 19.3 Å². The van der Waals surface area contributed by atoms with Crippen LogP contribution in [0.3, 0.4) is 0 Å². The van der Waals surface area contributed by atoms with Gasteiger partial charge in [0.1, 0.15) is 37.1 Å². The second-order valence-corrected chi connectivity index (χ2v) is 6.40. The van der Waals surface area contributed by atoms with Gasteiger partial charge in [-0.2, -0.15) is 0 Å². The Labute approximate surface area is 165 Å². The van der Waals surface area contributed by atoms with Crippen LogP contribution in [-0.4, -0.2) is 98.3 Å². The predicted octanol–water partition coefficient (Wildman–Crippen LogP) is -2.17. The van der Waals surface area contributed by atoms with E-state index in [0.717, 1.165) is 6.08 Å². The fourth-order valence-electron chi connectivity index (χ4n) is 2.47. The number of aliphatic hydroxyl groups is 5. The van der Waals surface area contributed by atoms with Crippen LogP contribution < -0.4 is 0 Å². The van der Waals surface area contributed by atoms with Crippen LogP contribution in [0.15, 0.2) is 24.3 Å². The Balaban J connectivity index is 1.90. The van der Waals surface area contributed by atoms with Gasteiger partial charge in [-0.15, -0.1) is 0 Å². The molecule has 1 aromatic carbocycles. The number of esters is 1. The van der Waals surface area contributed by atoms with Crippen LogP contribution in [0.1, 0.15) is 5.56 Å². The first kappa shape index (κ1) is 23.0. The minimum Gasteiger partial charge on any atom is -0.504 e. The zero-order valence-corrected chi connectivity index (χ0v) is 15.2. The van der Waals surface area contributed by atoms with Gasteiger partial charge < -0.3 is 50.0 Å². The van der Waals surface area contributed by atoms with Crippen LogP contribution in [0.2, 0.25) is 0 Å². The fraction of sp³-hybridized carbons (Fsp3) is 0.500. The number of rotatable bonds is 8. The molecule has 0 aromatic heterocycles. The second-order valence-electron chi connectivity index (χ2n) is 6.40. The zero-order valence-electron chi connectivity index (χ0n) is 15.2. The van der Waals surface area contributed by atoms with Gasteiger partial charge in [-0.05, 0) is 23.8 Å². The molecule has 11 nitrogen and oxygen atoms in total. The summed E-state index contributed by atoms with van der Waals surface area (Å²) < 4.78 is 15.3. The Morgan fingerprint density at radius 3 is 2.52 bits per heavy atom. The maximum absolute atomic E-state index is 11.8. The average molecular weight is 416 g/mol. The van der Waals surface area contributed by atoms with Gasteiger partial charge in [-0.1, -0.05) is 6.07 Å².